The predicted octanol–water partition coefficient (Wildman–Crippen LogP) is 1.78. The Labute approximate surface area is 102 Å². The van der Waals surface area contributed by atoms with E-state index in [1.165, 1.54) is 23.9 Å². The minimum absolute atomic E-state index is 0.114. The van der Waals surface area contributed by atoms with Crippen molar-refractivity contribution in [1.82, 2.24) is 9.78 Å². The highest BCUT2D eigenvalue weighted by molar-refractivity contribution is 5.85. The number of halogens is 1. The Morgan fingerprint density at radius 3 is 2.83 bits per heavy atom. The van der Waals surface area contributed by atoms with Crippen LogP contribution >= 0.6 is 0 Å². The van der Waals surface area contributed by atoms with Crippen LogP contribution in [0.3, 0.4) is 0 Å². The van der Waals surface area contributed by atoms with E-state index in [2.05, 4.69) is 5.10 Å². The Balaban J connectivity index is 2.34. The van der Waals surface area contributed by atoms with Gasteiger partial charge in [-0.2, -0.15) is 5.10 Å². The maximum atomic E-state index is 13.5. The van der Waals surface area contributed by atoms with E-state index in [1.54, 1.807) is 18.2 Å². The molecule has 2 aromatic rings. The number of aromatic nitrogens is 2. The monoisotopic (exact) mass is 250 g/mol. The normalized spacial score (nSPS) is 10.3. The van der Waals surface area contributed by atoms with Crippen LogP contribution in [-0.4, -0.2) is 28.0 Å². The maximum absolute atomic E-state index is 13.5. The van der Waals surface area contributed by atoms with Crippen molar-refractivity contribution >= 4 is 5.97 Å². The molecule has 0 saturated carbocycles. The summed E-state index contributed by atoms with van der Waals surface area (Å²) in [5.74, 6) is -1.25. The van der Waals surface area contributed by atoms with E-state index < -0.39 is 5.97 Å². The van der Waals surface area contributed by atoms with Crippen molar-refractivity contribution in [3.63, 3.8) is 0 Å². The van der Waals surface area contributed by atoms with Crippen LogP contribution in [-0.2, 0) is 6.54 Å². The fourth-order valence-corrected chi connectivity index (χ4v) is 1.57. The van der Waals surface area contributed by atoms with Crippen LogP contribution in [0.2, 0.25) is 0 Å². The molecule has 0 fully saturated rings. The van der Waals surface area contributed by atoms with E-state index in [4.69, 9.17) is 9.84 Å². The van der Waals surface area contributed by atoms with Crippen molar-refractivity contribution in [2.24, 2.45) is 0 Å². The number of hydrogen-bond acceptors (Lipinski definition) is 3. The highest BCUT2D eigenvalue weighted by atomic mass is 19.1. The topological polar surface area (TPSA) is 64.3 Å². The Hall–Kier alpha value is -2.37. The SMILES string of the molecule is COc1cc(C(=O)O)nn1Cc1ccccc1F. The van der Waals surface area contributed by atoms with Crippen LogP contribution in [0, 0.1) is 5.82 Å². The third-order valence-corrected chi connectivity index (χ3v) is 2.45. The van der Waals surface area contributed by atoms with Crippen LogP contribution in [0.25, 0.3) is 0 Å². The molecule has 1 aromatic heterocycles. The summed E-state index contributed by atoms with van der Waals surface area (Å²) < 4.78 is 19.8. The first-order chi connectivity index (χ1) is 8.61. The number of rotatable bonds is 4. The molecule has 0 aliphatic heterocycles. The molecule has 5 nitrogen and oxygen atoms in total. The van der Waals surface area contributed by atoms with Crippen LogP contribution in [0.5, 0.6) is 5.88 Å². The lowest BCUT2D eigenvalue weighted by Gasteiger charge is -2.06. The highest BCUT2D eigenvalue weighted by Crippen LogP contribution is 2.16. The summed E-state index contributed by atoms with van der Waals surface area (Å²) in [6, 6.07) is 7.53. The highest BCUT2D eigenvalue weighted by Gasteiger charge is 2.14. The van der Waals surface area contributed by atoms with Crippen molar-refractivity contribution in [2.45, 2.75) is 6.54 Å². The zero-order valence-electron chi connectivity index (χ0n) is 9.63. The van der Waals surface area contributed by atoms with E-state index in [0.29, 0.717) is 5.56 Å². The van der Waals surface area contributed by atoms with Gasteiger partial charge < -0.3 is 9.84 Å². The second kappa shape index (κ2) is 4.87. The second-order valence-corrected chi connectivity index (χ2v) is 3.63. The molecule has 94 valence electrons. The van der Waals surface area contributed by atoms with Crippen molar-refractivity contribution in [3.05, 3.63) is 47.4 Å². The number of nitrogens with zero attached hydrogens (tertiary/aromatic N) is 2. The molecule has 0 aliphatic rings. The van der Waals surface area contributed by atoms with Crippen LogP contribution in [0.1, 0.15) is 16.1 Å². The molecule has 0 aliphatic carbocycles. The Kier molecular flexibility index (Phi) is 3.27. The van der Waals surface area contributed by atoms with Gasteiger partial charge in [0.15, 0.2) is 5.69 Å². The van der Waals surface area contributed by atoms with E-state index in [9.17, 15) is 9.18 Å². The van der Waals surface area contributed by atoms with Gasteiger partial charge >= 0.3 is 5.97 Å². The molecule has 0 atom stereocenters. The van der Waals surface area contributed by atoms with Gasteiger partial charge in [0.05, 0.1) is 13.7 Å². The van der Waals surface area contributed by atoms with Gasteiger partial charge in [0.2, 0.25) is 5.88 Å². The zero-order chi connectivity index (χ0) is 13.1. The summed E-state index contributed by atoms with van der Waals surface area (Å²) >= 11 is 0. The maximum Gasteiger partial charge on any atom is 0.356 e. The first kappa shape index (κ1) is 12.1. The lowest BCUT2D eigenvalue weighted by Crippen LogP contribution is -2.07. The number of hydrogen-bond donors (Lipinski definition) is 1. The van der Waals surface area contributed by atoms with Gasteiger partial charge in [0.1, 0.15) is 5.82 Å². The summed E-state index contributed by atoms with van der Waals surface area (Å²) in [4.78, 5) is 10.8. The number of carboxylic acid groups (broad SMARTS) is 1. The van der Waals surface area contributed by atoms with Gasteiger partial charge in [-0.1, -0.05) is 18.2 Å². The lowest BCUT2D eigenvalue weighted by molar-refractivity contribution is 0.0689. The largest absolute Gasteiger partial charge is 0.481 e. The van der Waals surface area contributed by atoms with Crippen LogP contribution in [0.15, 0.2) is 30.3 Å². The standard InChI is InChI=1S/C12H11FN2O3/c1-18-11-6-10(12(16)17)14-15(11)7-8-4-2-3-5-9(8)13/h2-6H,7H2,1H3,(H,16,17). The first-order valence-corrected chi connectivity index (χ1v) is 5.20. The fourth-order valence-electron chi connectivity index (χ4n) is 1.57. The van der Waals surface area contributed by atoms with Gasteiger partial charge in [-0.3, -0.25) is 0 Å². The summed E-state index contributed by atoms with van der Waals surface area (Å²) in [5, 5.41) is 12.7. The molecule has 0 saturated heterocycles. The summed E-state index contributed by atoms with van der Waals surface area (Å²) in [5.41, 5.74) is 0.277. The Bertz CT molecular complexity index is 580. The summed E-state index contributed by atoms with van der Waals surface area (Å²) in [6.07, 6.45) is 0. The Morgan fingerprint density at radius 2 is 2.22 bits per heavy atom. The van der Waals surface area contributed by atoms with Crippen molar-refractivity contribution in [3.8, 4) is 5.88 Å². The number of benzene rings is 1. The molecule has 0 amide bonds. The third-order valence-electron chi connectivity index (χ3n) is 2.45. The van der Waals surface area contributed by atoms with E-state index >= 15 is 0 Å². The average Bonchev–Trinajstić information content (AvgIpc) is 2.75. The number of methoxy groups -OCH3 is 1. The molecule has 1 heterocycles. The minimum atomic E-state index is -1.15. The van der Waals surface area contributed by atoms with Crippen molar-refractivity contribution in [1.29, 1.82) is 0 Å². The summed E-state index contributed by atoms with van der Waals surface area (Å²) in [7, 11) is 1.40. The first-order valence-electron chi connectivity index (χ1n) is 5.20. The van der Waals surface area contributed by atoms with Gasteiger partial charge in [0, 0.05) is 11.6 Å². The molecular formula is C12H11FN2O3. The number of ether oxygens (including phenoxy) is 1. The molecule has 1 aromatic carbocycles. The van der Waals surface area contributed by atoms with E-state index in [0.717, 1.165) is 0 Å². The number of carboxylic acids is 1. The van der Waals surface area contributed by atoms with Crippen LogP contribution < -0.4 is 4.74 Å². The molecule has 0 spiro atoms. The van der Waals surface area contributed by atoms with Gasteiger partial charge in [-0.05, 0) is 6.07 Å². The smallest absolute Gasteiger partial charge is 0.356 e. The fraction of sp³-hybridized carbons (Fsp3) is 0.167. The van der Waals surface area contributed by atoms with Gasteiger partial charge in [-0.15, -0.1) is 0 Å². The quantitative estimate of drug-likeness (QED) is 0.898. The number of aromatic carboxylic acids is 1. The summed E-state index contributed by atoms with van der Waals surface area (Å²) in [6.45, 7) is 0.114. The predicted molar refractivity (Wildman–Crippen MR) is 61.2 cm³/mol. The molecule has 0 radical (unpaired) electrons. The van der Waals surface area contributed by atoms with Gasteiger partial charge in [-0.25, -0.2) is 13.9 Å². The Morgan fingerprint density at radius 1 is 1.50 bits per heavy atom. The van der Waals surface area contributed by atoms with E-state index in [1.807, 2.05) is 0 Å². The molecule has 6 heteroatoms. The average molecular weight is 250 g/mol. The molecule has 0 bridgehead atoms. The van der Waals surface area contributed by atoms with E-state index in [-0.39, 0.29) is 23.9 Å². The van der Waals surface area contributed by atoms with Crippen LogP contribution in [0.4, 0.5) is 4.39 Å². The zero-order valence-corrected chi connectivity index (χ0v) is 9.63. The molecule has 18 heavy (non-hydrogen) atoms. The second-order valence-electron chi connectivity index (χ2n) is 3.63. The molecular weight excluding hydrogens is 239 g/mol. The lowest BCUT2D eigenvalue weighted by atomic mass is 10.2. The molecule has 0 unspecified atom stereocenters. The van der Waals surface area contributed by atoms with Crippen molar-refractivity contribution < 1.29 is 19.0 Å². The molecule has 1 N–H and O–H groups in total. The minimum Gasteiger partial charge on any atom is -0.481 e. The van der Waals surface area contributed by atoms with Gasteiger partial charge in [0.25, 0.3) is 0 Å². The van der Waals surface area contributed by atoms with Crippen molar-refractivity contribution in [2.75, 3.05) is 7.11 Å². The molecule has 2 rings (SSSR count). The number of carbonyl (C=O) groups is 1. The third kappa shape index (κ3) is 2.32.